The van der Waals surface area contributed by atoms with Gasteiger partial charge in [-0.1, -0.05) is 27.4 Å². The summed E-state index contributed by atoms with van der Waals surface area (Å²) in [5.41, 5.74) is 0.196. The molecule has 0 aromatic carbocycles. The molecule has 0 amide bonds. The molecule has 0 aliphatic heterocycles. The third-order valence-electron chi connectivity index (χ3n) is 3.25. The minimum Gasteiger partial charge on any atom is -0.324 e. The van der Waals surface area contributed by atoms with Crippen molar-refractivity contribution in [2.24, 2.45) is 5.41 Å². The molecular formula is C16H35N2OS2+. The summed E-state index contributed by atoms with van der Waals surface area (Å²) in [6, 6.07) is 0. The van der Waals surface area contributed by atoms with Gasteiger partial charge in [-0.25, -0.2) is 8.51 Å². The van der Waals surface area contributed by atoms with Gasteiger partial charge in [-0.05, 0) is 38.8 Å². The Hall–Kier alpha value is 0.160. The average molecular weight is 336 g/mol. The molecule has 0 bridgehead atoms. The van der Waals surface area contributed by atoms with Crippen molar-refractivity contribution in [2.45, 2.75) is 45.8 Å². The smallest absolute Gasteiger partial charge is 0.102 e. The maximum Gasteiger partial charge on any atom is 0.102 e. The SMILES string of the molecule is C=CC[N+](C)(C)CCN(C)SS(=O)C(C)(C)CC(C)(C)C. The summed E-state index contributed by atoms with van der Waals surface area (Å²) in [6.07, 6.45) is 2.91. The fourth-order valence-electron chi connectivity index (χ4n) is 2.44. The van der Waals surface area contributed by atoms with Gasteiger partial charge in [0.1, 0.15) is 9.83 Å². The molecule has 126 valence electrons. The molecule has 5 heteroatoms. The van der Waals surface area contributed by atoms with E-state index in [1.165, 1.54) is 11.0 Å². The van der Waals surface area contributed by atoms with E-state index in [-0.39, 0.29) is 10.2 Å². The highest BCUT2D eigenvalue weighted by Gasteiger charge is 2.32. The Morgan fingerprint density at radius 2 is 1.76 bits per heavy atom. The predicted molar refractivity (Wildman–Crippen MR) is 98.6 cm³/mol. The summed E-state index contributed by atoms with van der Waals surface area (Å²) in [5, 5.41) is 0. The zero-order chi connectivity index (χ0) is 16.9. The number of rotatable bonds is 9. The molecule has 1 atom stereocenters. The lowest BCUT2D eigenvalue weighted by Crippen LogP contribution is -2.44. The summed E-state index contributed by atoms with van der Waals surface area (Å²) in [6.45, 7) is 17.5. The first kappa shape index (κ1) is 21.2. The second-order valence-corrected chi connectivity index (χ2v) is 12.0. The topological polar surface area (TPSA) is 20.3 Å². The van der Waals surface area contributed by atoms with E-state index in [0.29, 0.717) is 0 Å². The van der Waals surface area contributed by atoms with Gasteiger partial charge in [0.2, 0.25) is 0 Å². The second kappa shape index (κ2) is 8.14. The van der Waals surface area contributed by atoms with Crippen molar-refractivity contribution < 1.29 is 8.69 Å². The summed E-state index contributed by atoms with van der Waals surface area (Å²) < 4.78 is 15.5. The number of quaternary nitrogens is 1. The Balaban J connectivity index is 4.41. The maximum atomic E-state index is 12.6. The van der Waals surface area contributed by atoms with E-state index in [2.05, 4.69) is 59.6 Å². The molecule has 0 radical (unpaired) electrons. The Morgan fingerprint density at radius 1 is 1.24 bits per heavy atom. The van der Waals surface area contributed by atoms with Gasteiger partial charge in [0.25, 0.3) is 0 Å². The van der Waals surface area contributed by atoms with Crippen LogP contribution in [0, 0.1) is 5.41 Å². The Morgan fingerprint density at radius 3 is 2.19 bits per heavy atom. The van der Waals surface area contributed by atoms with Crippen molar-refractivity contribution in [1.29, 1.82) is 0 Å². The van der Waals surface area contributed by atoms with E-state index in [4.69, 9.17) is 0 Å². The highest BCUT2D eigenvalue weighted by molar-refractivity contribution is 8.68. The van der Waals surface area contributed by atoms with Crippen molar-refractivity contribution >= 4 is 20.8 Å². The quantitative estimate of drug-likeness (QED) is 0.277. The van der Waals surface area contributed by atoms with Gasteiger partial charge in [0, 0.05) is 11.0 Å². The van der Waals surface area contributed by atoms with Crippen molar-refractivity contribution in [3.63, 3.8) is 0 Å². The van der Waals surface area contributed by atoms with E-state index in [1.807, 2.05) is 13.1 Å². The van der Waals surface area contributed by atoms with E-state index in [9.17, 15) is 4.21 Å². The van der Waals surface area contributed by atoms with E-state index in [0.717, 1.165) is 30.5 Å². The second-order valence-electron chi connectivity index (χ2n) is 8.29. The van der Waals surface area contributed by atoms with Gasteiger partial charge < -0.3 is 4.48 Å². The molecule has 0 heterocycles. The van der Waals surface area contributed by atoms with Crippen LogP contribution < -0.4 is 0 Å². The molecule has 0 saturated carbocycles. The number of hydrogen-bond acceptors (Lipinski definition) is 3. The van der Waals surface area contributed by atoms with Crippen LogP contribution in [0.1, 0.15) is 41.0 Å². The first-order chi connectivity index (χ1) is 9.29. The van der Waals surface area contributed by atoms with Crippen molar-refractivity contribution in [3.8, 4) is 0 Å². The summed E-state index contributed by atoms with van der Waals surface area (Å²) >= 11 is 0. The molecule has 0 fully saturated rings. The molecule has 0 aliphatic carbocycles. The molecule has 0 saturated heterocycles. The van der Waals surface area contributed by atoms with Crippen LogP contribution in [0.2, 0.25) is 0 Å². The first-order valence-corrected chi connectivity index (χ1v) is 9.97. The van der Waals surface area contributed by atoms with Gasteiger partial charge in [-0.3, -0.25) is 0 Å². The number of likely N-dealkylation sites (N-methyl/N-ethyl adjacent to an activating group) is 2. The monoisotopic (exact) mass is 335 g/mol. The minimum atomic E-state index is -0.923. The molecule has 3 nitrogen and oxygen atoms in total. The van der Waals surface area contributed by atoms with Gasteiger partial charge in [0.05, 0.1) is 38.5 Å². The molecule has 0 N–H and O–H groups in total. The van der Waals surface area contributed by atoms with E-state index < -0.39 is 9.83 Å². The van der Waals surface area contributed by atoms with E-state index >= 15 is 0 Å². The highest BCUT2D eigenvalue weighted by atomic mass is 33.1. The van der Waals surface area contributed by atoms with Gasteiger partial charge in [0.15, 0.2) is 0 Å². The first-order valence-electron chi connectivity index (χ1n) is 7.53. The standard InChI is InChI=1S/C16H35N2OS2/c1-10-12-18(8,9)13-11-17(7)20-21(19)16(5,6)14-15(2,3)4/h10H,1,11-14H2,2-9H3/q+1. The van der Waals surface area contributed by atoms with Crippen LogP contribution in [0.15, 0.2) is 12.7 Å². The fraction of sp³-hybridized carbons (Fsp3) is 0.875. The van der Waals surface area contributed by atoms with Crippen LogP contribution in [0.4, 0.5) is 0 Å². The lowest BCUT2D eigenvalue weighted by molar-refractivity contribution is -0.883. The summed E-state index contributed by atoms with van der Waals surface area (Å²) in [5.74, 6) is 0. The van der Waals surface area contributed by atoms with Crippen LogP contribution in [0.3, 0.4) is 0 Å². The molecular weight excluding hydrogens is 300 g/mol. The third-order valence-corrected chi connectivity index (χ3v) is 7.39. The Kier molecular flexibility index (Phi) is 8.20. The minimum absolute atomic E-state index is 0.178. The van der Waals surface area contributed by atoms with Gasteiger partial charge in [-0.2, -0.15) is 0 Å². The molecule has 0 aliphatic rings. The van der Waals surface area contributed by atoms with Crippen LogP contribution >= 0.6 is 11.0 Å². The molecule has 21 heavy (non-hydrogen) atoms. The van der Waals surface area contributed by atoms with Gasteiger partial charge in [-0.15, -0.1) is 0 Å². The van der Waals surface area contributed by atoms with Crippen molar-refractivity contribution in [1.82, 2.24) is 4.31 Å². The zero-order valence-corrected chi connectivity index (χ0v) is 16.9. The largest absolute Gasteiger partial charge is 0.324 e. The van der Waals surface area contributed by atoms with Gasteiger partial charge >= 0.3 is 0 Å². The molecule has 0 rings (SSSR count). The highest BCUT2D eigenvalue weighted by Crippen LogP contribution is 2.35. The predicted octanol–water partition coefficient (Wildman–Crippen LogP) is 3.71. The van der Waals surface area contributed by atoms with Crippen LogP contribution in [0.5, 0.6) is 0 Å². The Bertz CT molecular complexity index is 360. The van der Waals surface area contributed by atoms with Crippen LogP contribution in [-0.2, 0) is 9.83 Å². The van der Waals surface area contributed by atoms with Crippen LogP contribution in [-0.4, -0.2) is 58.5 Å². The van der Waals surface area contributed by atoms with Crippen LogP contribution in [0.25, 0.3) is 0 Å². The summed E-state index contributed by atoms with van der Waals surface area (Å²) in [4.78, 5) is 0. The maximum absolute atomic E-state index is 12.6. The number of nitrogens with zero attached hydrogens (tertiary/aromatic N) is 2. The van der Waals surface area contributed by atoms with E-state index in [1.54, 1.807) is 0 Å². The molecule has 1 unspecified atom stereocenters. The third kappa shape index (κ3) is 9.72. The summed E-state index contributed by atoms with van der Waals surface area (Å²) in [7, 11) is 6.97. The molecule has 0 aromatic heterocycles. The normalized spacial score (nSPS) is 15.3. The lowest BCUT2D eigenvalue weighted by atomic mass is 9.86. The molecule has 0 spiro atoms. The van der Waals surface area contributed by atoms with Crippen molar-refractivity contribution in [3.05, 3.63) is 12.7 Å². The lowest BCUT2D eigenvalue weighted by Gasteiger charge is -2.33. The average Bonchev–Trinajstić information content (AvgIpc) is 2.23. The number of hydrogen-bond donors (Lipinski definition) is 0. The Labute approximate surface area is 138 Å². The van der Waals surface area contributed by atoms with Crippen molar-refractivity contribution in [2.75, 3.05) is 40.8 Å². The zero-order valence-electron chi connectivity index (χ0n) is 15.2. The fourth-order valence-corrected chi connectivity index (χ4v) is 5.28. The molecule has 0 aromatic rings.